The average Bonchev–Trinajstić information content (AvgIpc) is 3.39. The minimum Gasteiger partial charge on any atom is -0.380 e. The van der Waals surface area contributed by atoms with Crippen molar-refractivity contribution in [1.29, 1.82) is 0 Å². The van der Waals surface area contributed by atoms with Crippen LogP contribution in [0.2, 0.25) is 0 Å². The molecule has 2 aromatic carbocycles. The van der Waals surface area contributed by atoms with Crippen LogP contribution in [0.1, 0.15) is 34.3 Å². The summed E-state index contributed by atoms with van der Waals surface area (Å²) < 4.78 is 18.2. The van der Waals surface area contributed by atoms with Crippen LogP contribution < -0.4 is 0 Å². The lowest BCUT2D eigenvalue weighted by molar-refractivity contribution is 0.0729. The van der Waals surface area contributed by atoms with Crippen molar-refractivity contribution in [2.75, 3.05) is 7.11 Å². The molecule has 0 unspecified atom stereocenters. The molecule has 0 N–H and O–H groups in total. The number of amides is 1. The Balaban J connectivity index is 1.79. The standard InChI is InChI=1S/C19H20FNO2/c1-23-13-15-3-2-4-16(11-15)19(22)21(18-9-10-18)12-14-5-7-17(20)8-6-14/h2-8,11,18H,9-10,12-13H2,1H3. The Hall–Kier alpha value is -2.20. The van der Waals surface area contributed by atoms with Crippen LogP contribution >= 0.6 is 0 Å². The number of ether oxygens (including phenoxy) is 1. The highest BCUT2D eigenvalue weighted by Gasteiger charge is 2.33. The Labute approximate surface area is 135 Å². The Morgan fingerprint density at radius 1 is 1.17 bits per heavy atom. The molecule has 0 atom stereocenters. The Morgan fingerprint density at radius 3 is 2.57 bits per heavy atom. The van der Waals surface area contributed by atoms with Gasteiger partial charge in [-0.2, -0.15) is 0 Å². The molecular formula is C19H20FNO2. The van der Waals surface area contributed by atoms with E-state index in [1.165, 1.54) is 12.1 Å². The number of halogens is 1. The molecule has 1 fully saturated rings. The number of carbonyl (C=O) groups is 1. The van der Waals surface area contributed by atoms with E-state index in [0.29, 0.717) is 24.8 Å². The molecule has 120 valence electrons. The zero-order valence-electron chi connectivity index (χ0n) is 13.2. The van der Waals surface area contributed by atoms with Crippen molar-refractivity contribution in [1.82, 2.24) is 4.90 Å². The molecule has 1 aliphatic carbocycles. The van der Waals surface area contributed by atoms with Crippen molar-refractivity contribution in [3.05, 3.63) is 71.0 Å². The van der Waals surface area contributed by atoms with Gasteiger partial charge in [0, 0.05) is 25.3 Å². The summed E-state index contributed by atoms with van der Waals surface area (Å²) in [5, 5.41) is 0. The summed E-state index contributed by atoms with van der Waals surface area (Å²) in [5.74, 6) is -0.236. The molecule has 0 spiro atoms. The smallest absolute Gasteiger partial charge is 0.254 e. The number of hydrogen-bond donors (Lipinski definition) is 0. The molecule has 4 heteroatoms. The summed E-state index contributed by atoms with van der Waals surface area (Å²) in [6, 6.07) is 14.2. The molecule has 0 bridgehead atoms. The maximum atomic E-state index is 13.0. The minimum absolute atomic E-state index is 0.0229. The molecule has 0 aromatic heterocycles. The lowest BCUT2D eigenvalue weighted by Crippen LogP contribution is -2.32. The van der Waals surface area contributed by atoms with Crippen LogP contribution in [0.3, 0.4) is 0 Å². The zero-order valence-corrected chi connectivity index (χ0v) is 13.2. The predicted molar refractivity (Wildman–Crippen MR) is 86.5 cm³/mol. The molecule has 23 heavy (non-hydrogen) atoms. The van der Waals surface area contributed by atoms with Gasteiger partial charge < -0.3 is 9.64 Å². The molecule has 1 amide bonds. The van der Waals surface area contributed by atoms with E-state index in [0.717, 1.165) is 24.0 Å². The Bertz CT molecular complexity index is 680. The van der Waals surface area contributed by atoms with Gasteiger partial charge in [-0.3, -0.25) is 4.79 Å². The van der Waals surface area contributed by atoms with Crippen LogP contribution in [0.15, 0.2) is 48.5 Å². The number of methoxy groups -OCH3 is 1. The molecule has 0 aliphatic heterocycles. The van der Waals surface area contributed by atoms with Crippen LogP contribution in [-0.2, 0) is 17.9 Å². The van der Waals surface area contributed by atoms with Crippen molar-refractivity contribution in [2.24, 2.45) is 0 Å². The van der Waals surface area contributed by atoms with Gasteiger partial charge in [-0.1, -0.05) is 24.3 Å². The van der Waals surface area contributed by atoms with Crippen molar-refractivity contribution < 1.29 is 13.9 Å². The van der Waals surface area contributed by atoms with E-state index in [4.69, 9.17) is 4.74 Å². The predicted octanol–water partition coefficient (Wildman–Crippen LogP) is 3.78. The van der Waals surface area contributed by atoms with Gasteiger partial charge in [0.1, 0.15) is 5.82 Å². The van der Waals surface area contributed by atoms with E-state index < -0.39 is 0 Å². The van der Waals surface area contributed by atoms with Crippen LogP contribution in [0.5, 0.6) is 0 Å². The first-order valence-corrected chi connectivity index (χ1v) is 7.80. The van der Waals surface area contributed by atoms with Crippen LogP contribution in [0, 0.1) is 5.82 Å². The molecule has 3 rings (SSSR count). The third-order valence-corrected chi connectivity index (χ3v) is 4.00. The van der Waals surface area contributed by atoms with Gasteiger partial charge in [0.05, 0.1) is 6.61 Å². The van der Waals surface area contributed by atoms with Crippen LogP contribution in [0.25, 0.3) is 0 Å². The van der Waals surface area contributed by atoms with Gasteiger partial charge in [0.15, 0.2) is 0 Å². The van der Waals surface area contributed by atoms with E-state index in [1.54, 1.807) is 19.2 Å². The fraction of sp³-hybridized carbons (Fsp3) is 0.316. The molecule has 2 aromatic rings. The van der Waals surface area contributed by atoms with Crippen molar-refractivity contribution in [3.63, 3.8) is 0 Å². The molecule has 1 aliphatic rings. The number of carbonyl (C=O) groups excluding carboxylic acids is 1. The summed E-state index contributed by atoms with van der Waals surface area (Å²) in [5.41, 5.74) is 2.60. The average molecular weight is 313 g/mol. The Morgan fingerprint density at radius 2 is 1.91 bits per heavy atom. The monoisotopic (exact) mass is 313 g/mol. The zero-order chi connectivity index (χ0) is 16.2. The van der Waals surface area contributed by atoms with Gasteiger partial charge in [0.25, 0.3) is 5.91 Å². The van der Waals surface area contributed by atoms with Gasteiger partial charge in [-0.15, -0.1) is 0 Å². The number of nitrogens with zero attached hydrogens (tertiary/aromatic N) is 1. The molecular weight excluding hydrogens is 293 g/mol. The highest BCUT2D eigenvalue weighted by Crippen LogP contribution is 2.30. The first-order chi connectivity index (χ1) is 11.2. The molecule has 0 heterocycles. The summed E-state index contributed by atoms with van der Waals surface area (Å²) in [6.45, 7) is 1.00. The van der Waals surface area contributed by atoms with Crippen LogP contribution in [-0.4, -0.2) is 24.0 Å². The lowest BCUT2D eigenvalue weighted by atomic mass is 10.1. The Kier molecular flexibility index (Phi) is 4.72. The highest BCUT2D eigenvalue weighted by molar-refractivity contribution is 5.94. The maximum absolute atomic E-state index is 13.0. The second-order valence-electron chi connectivity index (χ2n) is 5.92. The number of hydrogen-bond acceptors (Lipinski definition) is 2. The van der Waals surface area contributed by atoms with Gasteiger partial charge in [-0.05, 0) is 48.2 Å². The largest absolute Gasteiger partial charge is 0.380 e. The second kappa shape index (κ2) is 6.92. The molecule has 0 saturated heterocycles. The highest BCUT2D eigenvalue weighted by atomic mass is 19.1. The van der Waals surface area contributed by atoms with E-state index in [9.17, 15) is 9.18 Å². The molecule has 0 radical (unpaired) electrons. The fourth-order valence-electron chi connectivity index (χ4n) is 2.67. The lowest BCUT2D eigenvalue weighted by Gasteiger charge is -2.23. The fourth-order valence-corrected chi connectivity index (χ4v) is 2.67. The number of rotatable bonds is 6. The maximum Gasteiger partial charge on any atom is 0.254 e. The summed E-state index contributed by atoms with van der Waals surface area (Å²) in [6.07, 6.45) is 2.06. The van der Waals surface area contributed by atoms with E-state index >= 15 is 0 Å². The van der Waals surface area contributed by atoms with Crippen molar-refractivity contribution in [2.45, 2.75) is 32.0 Å². The number of benzene rings is 2. The first kappa shape index (κ1) is 15.7. The summed E-state index contributed by atoms with van der Waals surface area (Å²) >= 11 is 0. The van der Waals surface area contributed by atoms with Gasteiger partial charge in [-0.25, -0.2) is 4.39 Å². The second-order valence-corrected chi connectivity index (χ2v) is 5.92. The summed E-state index contributed by atoms with van der Waals surface area (Å²) in [7, 11) is 1.64. The van der Waals surface area contributed by atoms with Gasteiger partial charge in [0.2, 0.25) is 0 Å². The summed E-state index contributed by atoms with van der Waals surface area (Å²) in [4.78, 5) is 14.8. The third-order valence-electron chi connectivity index (χ3n) is 4.00. The van der Waals surface area contributed by atoms with E-state index in [-0.39, 0.29) is 11.7 Å². The van der Waals surface area contributed by atoms with Crippen molar-refractivity contribution >= 4 is 5.91 Å². The van der Waals surface area contributed by atoms with E-state index in [2.05, 4.69) is 0 Å². The molecule has 3 nitrogen and oxygen atoms in total. The third kappa shape index (κ3) is 3.96. The SMILES string of the molecule is COCc1cccc(C(=O)N(Cc2ccc(F)cc2)C2CC2)c1. The minimum atomic E-state index is -0.259. The first-order valence-electron chi connectivity index (χ1n) is 7.80. The topological polar surface area (TPSA) is 29.5 Å². The van der Waals surface area contributed by atoms with E-state index in [1.807, 2.05) is 29.2 Å². The van der Waals surface area contributed by atoms with Crippen molar-refractivity contribution in [3.8, 4) is 0 Å². The molecule has 1 saturated carbocycles. The van der Waals surface area contributed by atoms with Gasteiger partial charge >= 0.3 is 0 Å². The van der Waals surface area contributed by atoms with Crippen LogP contribution in [0.4, 0.5) is 4.39 Å². The normalized spacial score (nSPS) is 13.8. The quantitative estimate of drug-likeness (QED) is 0.812.